The predicted octanol–water partition coefficient (Wildman–Crippen LogP) is 9.78. The van der Waals surface area contributed by atoms with Crippen molar-refractivity contribution in [1.29, 1.82) is 0 Å². The lowest BCUT2D eigenvalue weighted by atomic mass is 10.0. The van der Waals surface area contributed by atoms with E-state index in [9.17, 15) is 4.79 Å². The Bertz CT molecular complexity index is 855. The van der Waals surface area contributed by atoms with Gasteiger partial charge in [-0.1, -0.05) is 123 Å². The molecule has 0 saturated heterocycles. The average Bonchev–Trinajstić information content (AvgIpc) is 3.28. The van der Waals surface area contributed by atoms with Gasteiger partial charge in [0, 0.05) is 25.4 Å². The molecule has 0 aliphatic rings. The molecule has 1 amide bonds. The second-order valence-corrected chi connectivity index (χ2v) is 11.4. The van der Waals surface area contributed by atoms with Crippen LogP contribution in [-0.4, -0.2) is 22.0 Å². The summed E-state index contributed by atoms with van der Waals surface area (Å²) in [7, 11) is 0. The summed E-state index contributed by atoms with van der Waals surface area (Å²) < 4.78 is 2.48. The number of amides is 1. The Balaban J connectivity index is 1.60. The highest BCUT2D eigenvalue weighted by molar-refractivity contribution is 5.78. The van der Waals surface area contributed by atoms with Crippen molar-refractivity contribution >= 4 is 16.9 Å². The van der Waals surface area contributed by atoms with Crippen LogP contribution in [0.15, 0.2) is 24.3 Å². The van der Waals surface area contributed by atoms with Crippen LogP contribution in [-0.2, 0) is 17.8 Å². The average molecular weight is 526 g/mol. The number of aromatic nitrogens is 2. The Hall–Kier alpha value is -1.84. The summed E-state index contributed by atoms with van der Waals surface area (Å²) in [5.41, 5.74) is 2.42. The number of unbranched alkanes of at least 4 members (excludes halogenated alkanes) is 15. The minimum atomic E-state index is 0.171. The molecular weight excluding hydrogens is 466 g/mol. The van der Waals surface area contributed by atoms with Gasteiger partial charge in [-0.3, -0.25) is 4.79 Å². The first kappa shape index (κ1) is 32.4. The van der Waals surface area contributed by atoms with Crippen molar-refractivity contribution in [3.05, 3.63) is 30.1 Å². The molecular formula is C34H59N3O. The molecule has 0 atom stereocenters. The third-order valence-electron chi connectivity index (χ3n) is 8.20. The van der Waals surface area contributed by atoms with Crippen molar-refractivity contribution in [2.75, 3.05) is 6.54 Å². The lowest BCUT2D eigenvalue weighted by molar-refractivity contribution is -0.125. The number of nitrogens with one attached hydrogen (secondary N) is 1. The van der Waals surface area contributed by atoms with Crippen LogP contribution in [0.2, 0.25) is 0 Å². The maximum Gasteiger partial charge on any atom is 0.223 e. The monoisotopic (exact) mass is 525 g/mol. The summed E-state index contributed by atoms with van der Waals surface area (Å²) in [6.45, 7) is 8.36. The van der Waals surface area contributed by atoms with Gasteiger partial charge in [0.2, 0.25) is 5.91 Å². The Kier molecular flexibility index (Phi) is 17.9. The van der Waals surface area contributed by atoms with E-state index in [1.165, 1.54) is 101 Å². The summed E-state index contributed by atoms with van der Waals surface area (Å²) in [6, 6.07) is 8.60. The molecule has 4 nitrogen and oxygen atoms in total. The van der Waals surface area contributed by atoms with Crippen molar-refractivity contribution < 1.29 is 4.79 Å². The number of rotatable bonds is 24. The van der Waals surface area contributed by atoms with Crippen molar-refractivity contribution in [3.8, 4) is 0 Å². The molecule has 38 heavy (non-hydrogen) atoms. The van der Waals surface area contributed by atoms with Gasteiger partial charge < -0.3 is 9.88 Å². The van der Waals surface area contributed by atoms with Crippen LogP contribution in [0.3, 0.4) is 0 Å². The minimum absolute atomic E-state index is 0.171. The van der Waals surface area contributed by atoms with Gasteiger partial charge in [-0.15, -0.1) is 0 Å². The van der Waals surface area contributed by atoms with Crippen molar-refractivity contribution in [1.82, 2.24) is 14.9 Å². The predicted molar refractivity (Wildman–Crippen MR) is 165 cm³/mol. The zero-order valence-corrected chi connectivity index (χ0v) is 25.2. The third kappa shape index (κ3) is 12.8. The zero-order valence-electron chi connectivity index (χ0n) is 25.2. The lowest BCUT2D eigenvalue weighted by Gasteiger charge is -2.12. The van der Waals surface area contributed by atoms with Crippen LogP contribution in [0.5, 0.6) is 0 Å². The highest BCUT2D eigenvalue weighted by atomic mass is 16.1. The van der Waals surface area contributed by atoms with E-state index in [0.717, 1.165) is 57.1 Å². The molecule has 0 unspecified atom stereocenters. The first-order valence-electron chi connectivity index (χ1n) is 16.4. The summed E-state index contributed by atoms with van der Waals surface area (Å²) in [5.74, 6) is 1.64. The molecule has 216 valence electrons. The molecule has 1 heterocycles. The number of hydrogen-bond acceptors (Lipinski definition) is 2. The van der Waals surface area contributed by atoms with Gasteiger partial charge in [-0.2, -0.15) is 0 Å². The molecule has 1 N–H and O–H groups in total. The van der Waals surface area contributed by atoms with Crippen LogP contribution >= 0.6 is 0 Å². The van der Waals surface area contributed by atoms with Gasteiger partial charge in [-0.05, 0) is 44.2 Å². The minimum Gasteiger partial charge on any atom is -0.356 e. The Morgan fingerprint density at radius 3 is 1.89 bits per heavy atom. The molecule has 0 aliphatic carbocycles. The van der Waals surface area contributed by atoms with E-state index in [2.05, 4.69) is 54.9 Å². The number of nitrogens with zero attached hydrogens (tertiary/aromatic N) is 2. The number of imidazole rings is 1. The summed E-state index contributed by atoms with van der Waals surface area (Å²) in [5, 5.41) is 3.13. The van der Waals surface area contributed by atoms with Gasteiger partial charge in [0.05, 0.1) is 11.0 Å². The van der Waals surface area contributed by atoms with Gasteiger partial charge in [0.1, 0.15) is 5.82 Å². The Morgan fingerprint density at radius 1 is 0.737 bits per heavy atom. The molecule has 1 aromatic carbocycles. The summed E-state index contributed by atoms with van der Waals surface area (Å²) >= 11 is 0. The van der Waals surface area contributed by atoms with Gasteiger partial charge in [0.25, 0.3) is 0 Å². The molecule has 2 aromatic rings. The van der Waals surface area contributed by atoms with E-state index in [4.69, 9.17) is 4.98 Å². The van der Waals surface area contributed by atoms with Gasteiger partial charge in [0.15, 0.2) is 0 Å². The van der Waals surface area contributed by atoms with E-state index in [-0.39, 0.29) is 11.8 Å². The Morgan fingerprint density at radius 2 is 1.29 bits per heavy atom. The highest BCUT2D eigenvalue weighted by Crippen LogP contribution is 2.20. The van der Waals surface area contributed by atoms with Crippen LogP contribution in [0.4, 0.5) is 0 Å². The molecule has 2 rings (SSSR count). The fraction of sp³-hybridized carbons (Fsp3) is 0.765. The largest absolute Gasteiger partial charge is 0.356 e. The molecule has 1 aromatic heterocycles. The maximum absolute atomic E-state index is 12.2. The first-order chi connectivity index (χ1) is 18.7. The van der Waals surface area contributed by atoms with Crippen LogP contribution < -0.4 is 5.32 Å². The fourth-order valence-corrected chi connectivity index (χ4v) is 5.63. The molecule has 0 spiro atoms. The standard InChI is InChI=1S/C34H59N3O/c1-4-7-8-9-10-11-12-13-14-15-16-17-18-24-29-37-32-26-22-21-25-31(32)36-33(37)27-20-19-23-28-35-34(38)30(5-2)6-3/h21-22,25-26,30H,4-20,23-24,27-29H2,1-3H3,(H,35,38). The summed E-state index contributed by atoms with van der Waals surface area (Å²) in [6.07, 6.45) is 25.7. The SMILES string of the molecule is CCCCCCCCCCCCCCCCn1c(CCCCCNC(=O)C(CC)CC)nc2ccccc21. The van der Waals surface area contributed by atoms with E-state index < -0.39 is 0 Å². The Labute approximate surface area is 234 Å². The topological polar surface area (TPSA) is 46.9 Å². The number of aryl methyl sites for hydroxylation is 2. The van der Waals surface area contributed by atoms with E-state index in [0.29, 0.717) is 0 Å². The van der Waals surface area contributed by atoms with Crippen molar-refractivity contribution in [2.24, 2.45) is 5.92 Å². The molecule has 0 saturated carbocycles. The normalized spacial score (nSPS) is 11.6. The quantitative estimate of drug-likeness (QED) is 0.139. The summed E-state index contributed by atoms with van der Waals surface area (Å²) in [4.78, 5) is 17.1. The number of carbonyl (C=O) groups is 1. The smallest absolute Gasteiger partial charge is 0.223 e. The van der Waals surface area contributed by atoms with Gasteiger partial charge >= 0.3 is 0 Å². The third-order valence-corrected chi connectivity index (χ3v) is 8.20. The number of benzene rings is 1. The van der Waals surface area contributed by atoms with E-state index in [1.54, 1.807) is 0 Å². The van der Waals surface area contributed by atoms with Crippen molar-refractivity contribution in [2.45, 2.75) is 156 Å². The van der Waals surface area contributed by atoms with Crippen molar-refractivity contribution in [3.63, 3.8) is 0 Å². The maximum atomic E-state index is 12.2. The second-order valence-electron chi connectivity index (χ2n) is 11.4. The fourth-order valence-electron chi connectivity index (χ4n) is 5.63. The van der Waals surface area contributed by atoms with Crippen LogP contribution in [0, 0.1) is 5.92 Å². The first-order valence-corrected chi connectivity index (χ1v) is 16.4. The number of fused-ring (bicyclic) bond motifs is 1. The molecule has 0 fully saturated rings. The number of para-hydroxylation sites is 2. The van der Waals surface area contributed by atoms with Crippen LogP contribution in [0.25, 0.3) is 11.0 Å². The number of carbonyl (C=O) groups excluding carboxylic acids is 1. The second kappa shape index (κ2) is 21.0. The molecule has 0 radical (unpaired) electrons. The molecule has 0 bridgehead atoms. The number of hydrogen-bond donors (Lipinski definition) is 1. The molecule has 4 heteroatoms. The zero-order chi connectivity index (χ0) is 27.3. The van der Waals surface area contributed by atoms with Gasteiger partial charge in [-0.25, -0.2) is 4.98 Å². The van der Waals surface area contributed by atoms with E-state index in [1.807, 2.05) is 0 Å². The highest BCUT2D eigenvalue weighted by Gasteiger charge is 2.13. The lowest BCUT2D eigenvalue weighted by Crippen LogP contribution is -2.30. The van der Waals surface area contributed by atoms with E-state index >= 15 is 0 Å². The van der Waals surface area contributed by atoms with Crippen LogP contribution in [0.1, 0.15) is 149 Å². The molecule has 0 aliphatic heterocycles.